The van der Waals surface area contributed by atoms with Crippen molar-refractivity contribution in [1.82, 2.24) is 29.4 Å². The third kappa shape index (κ3) is 3.13. The van der Waals surface area contributed by atoms with E-state index in [0.717, 1.165) is 44.1 Å². The van der Waals surface area contributed by atoms with E-state index in [1.165, 1.54) is 5.56 Å². The number of aromatic nitrogens is 5. The number of fused-ring (bicyclic) bond motifs is 1. The predicted molar refractivity (Wildman–Crippen MR) is 97.7 cm³/mol. The minimum atomic E-state index is -0.154. The maximum Gasteiger partial charge on any atom is 0.283 e. The standard InChI is InChI=1S/C18H22N6O2/c1-13-3-4-15(11-14(13)2)24-17-16(20-21-24)18(25)23(12-19-17)6-5-22-7-9-26-10-8-22/h3-4,11-12H,5-10H2,1-2H3. The van der Waals surface area contributed by atoms with Crippen LogP contribution in [0.3, 0.4) is 0 Å². The lowest BCUT2D eigenvalue weighted by atomic mass is 10.1. The molecular weight excluding hydrogens is 332 g/mol. The van der Waals surface area contributed by atoms with Crippen molar-refractivity contribution >= 4 is 11.2 Å². The minimum absolute atomic E-state index is 0.154. The van der Waals surface area contributed by atoms with Crippen LogP contribution in [0.5, 0.6) is 0 Å². The van der Waals surface area contributed by atoms with E-state index < -0.39 is 0 Å². The number of morpholine rings is 1. The average Bonchev–Trinajstić information content (AvgIpc) is 3.09. The van der Waals surface area contributed by atoms with Gasteiger partial charge in [-0.2, -0.15) is 4.68 Å². The van der Waals surface area contributed by atoms with Gasteiger partial charge in [0.1, 0.15) is 6.33 Å². The first kappa shape index (κ1) is 16.9. The minimum Gasteiger partial charge on any atom is -0.379 e. The van der Waals surface area contributed by atoms with Gasteiger partial charge in [-0.25, -0.2) is 4.98 Å². The second-order valence-electron chi connectivity index (χ2n) is 6.64. The molecule has 4 rings (SSSR count). The Morgan fingerprint density at radius 3 is 2.69 bits per heavy atom. The van der Waals surface area contributed by atoms with E-state index in [1.807, 2.05) is 25.1 Å². The normalized spacial score (nSPS) is 15.6. The first-order valence-electron chi connectivity index (χ1n) is 8.82. The largest absolute Gasteiger partial charge is 0.379 e. The van der Waals surface area contributed by atoms with Gasteiger partial charge < -0.3 is 4.74 Å². The van der Waals surface area contributed by atoms with Gasteiger partial charge in [0.25, 0.3) is 5.56 Å². The van der Waals surface area contributed by atoms with Crippen molar-refractivity contribution in [3.05, 3.63) is 46.0 Å². The molecule has 0 spiro atoms. The third-order valence-electron chi connectivity index (χ3n) is 4.93. The first-order valence-corrected chi connectivity index (χ1v) is 8.82. The smallest absolute Gasteiger partial charge is 0.283 e. The molecule has 8 nitrogen and oxygen atoms in total. The molecule has 3 aromatic rings. The Morgan fingerprint density at radius 1 is 1.12 bits per heavy atom. The van der Waals surface area contributed by atoms with Crippen molar-refractivity contribution in [1.29, 1.82) is 0 Å². The molecule has 136 valence electrons. The molecule has 1 aromatic carbocycles. The van der Waals surface area contributed by atoms with E-state index in [0.29, 0.717) is 17.7 Å². The fourth-order valence-electron chi connectivity index (χ4n) is 3.11. The van der Waals surface area contributed by atoms with E-state index in [9.17, 15) is 4.79 Å². The number of benzene rings is 1. The highest BCUT2D eigenvalue weighted by Gasteiger charge is 2.15. The quantitative estimate of drug-likeness (QED) is 0.693. The van der Waals surface area contributed by atoms with Crippen molar-refractivity contribution in [3.63, 3.8) is 0 Å². The number of hydrogen-bond donors (Lipinski definition) is 0. The molecule has 0 bridgehead atoms. The van der Waals surface area contributed by atoms with Gasteiger partial charge in [-0.3, -0.25) is 14.3 Å². The van der Waals surface area contributed by atoms with Crippen molar-refractivity contribution in [2.45, 2.75) is 20.4 Å². The Morgan fingerprint density at radius 2 is 1.92 bits per heavy atom. The number of rotatable bonds is 4. The van der Waals surface area contributed by atoms with Crippen LogP contribution >= 0.6 is 0 Å². The zero-order chi connectivity index (χ0) is 18.1. The number of hydrogen-bond acceptors (Lipinski definition) is 6. The van der Waals surface area contributed by atoms with Crippen LogP contribution in [-0.4, -0.2) is 62.3 Å². The topological polar surface area (TPSA) is 78.1 Å². The Balaban J connectivity index is 1.62. The van der Waals surface area contributed by atoms with Crippen LogP contribution in [0, 0.1) is 13.8 Å². The van der Waals surface area contributed by atoms with Crippen LogP contribution in [-0.2, 0) is 11.3 Å². The summed E-state index contributed by atoms with van der Waals surface area (Å²) >= 11 is 0. The maximum atomic E-state index is 12.7. The highest BCUT2D eigenvalue weighted by atomic mass is 16.5. The predicted octanol–water partition coefficient (Wildman–Crippen LogP) is 0.926. The van der Waals surface area contributed by atoms with Crippen LogP contribution in [0.25, 0.3) is 16.9 Å². The molecule has 3 heterocycles. The van der Waals surface area contributed by atoms with E-state index in [-0.39, 0.29) is 5.56 Å². The Labute approximate surface area is 151 Å². The van der Waals surface area contributed by atoms with Gasteiger partial charge in [0.15, 0.2) is 11.2 Å². The summed E-state index contributed by atoms with van der Waals surface area (Å²) in [5.74, 6) is 0. The Kier molecular flexibility index (Phi) is 4.52. The third-order valence-corrected chi connectivity index (χ3v) is 4.93. The number of ether oxygens (including phenoxy) is 1. The van der Waals surface area contributed by atoms with Gasteiger partial charge >= 0.3 is 0 Å². The molecule has 8 heteroatoms. The van der Waals surface area contributed by atoms with E-state index in [1.54, 1.807) is 15.6 Å². The number of aryl methyl sites for hydroxylation is 2. The Hall–Kier alpha value is -2.58. The molecule has 0 unspecified atom stereocenters. The summed E-state index contributed by atoms with van der Waals surface area (Å²) in [5, 5.41) is 8.24. The molecular formula is C18H22N6O2. The van der Waals surface area contributed by atoms with Crippen LogP contribution in [0.4, 0.5) is 0 Å². The van der Waals surface area contributed by atoms with Crippen LogP contribution in [0.1, 0.15) is 11.1 Å². The lowest BCUT2D eigenvalue weighted by molar-refractivity contribution is 0.0362. The van der Waals surface area contributed by atoms with E-state index in [2.05, 4.69) is 27.1 Å². The summed E-state index contributed by atoms with van der Waals surface area (Å²) < 4.78 is 8.58. The lowest BCUT2D eigenvalue weighted by Crippen LogP contribution is -2.39. The molecule has 0 aliphatic carbocycles. The molecule has 1 fully saturated rings. The lowest BCUT2D eigenvalue weighted by Gasteiger charge is -2.26. The molecule has 0 N–H and O–H groups in total. The molecule has 2 aromatic heterocycles. The molecule has 26 heavy (non-hydrogen) atoms. The summed E-state index contributed by atoms with van der Waals surface area (Å²) in [4.78, 5) is 19.5. The zero-order valence-electron chi connectivity index (χ0n) is 15.1. The number of nitrogens with zero attached hydrogens (tertiary/aromatic N) is 6. The van der Waals surface area contributed by atoms with E-state index >= 15 is 0 Å². The second kappa shape index (κ2) is 6.97. The molecule has 1 aliphatic rings. The van der Waals surface area contributed by atoms with Gasteiger partial charge in [-0.15, -0.1) is 5.10 Å². The summed E-state index contributed by atoms with van der Waals surface area (Å²) in [6.07, 6.45) is 1.59. The van der Waals surface area contributed by atoms with Crippen molar-refractivity contribution in [2.24, 2.45) is 0 Å². The fraction of sp³-hybridized carbons (Fsp3) is 0.444. The molecule has 1 aliphatic heterocycles. The van der Waals surface area contributed by atoms with Gasteiger partial charge in [0.2, 0.25) is 0 Å². The maximum absolute atomic E-state index is 12.7. The zero-order valence-corrected chi connectivity index (χ0v) is 15.1. The van der Waals surface area contributed by atoms with Crippen molar-refractivity contribution < 1.29 is 4.74 Å². The van der Waals surface area contributed by atoms with Gasteiger partial charge in [0, 0.05) is 26.2 Å². The molecule has 0 atom stereocenters. The highest BCUT2D eigenvalue weighted by molar-refractivity contribution is 5.70. The van der Waals surface area contributed by atoms with Crippen LogP contribution in [0.15, 0.2) is 29.3 Å². The average molecular weight is 354 g/mol. The molecule has 0 saturated carbocycles. The monoisotopic (exact) mass is 354 g/mol. The summed E-state index contributed by atoms with van der Waals surface area (Å²) in [6.45, 7) is 8.77. The second-order valence-corrected chi connectivity index (χ2v) is 6.64. The summed E-state index contributed by atoms with van der Waals surface area (Å²) in [5.41, 5.74) is 3.85. The summed E-state index contributed by atoms with van der Waals surface area (Å²) in [7, 11) is 0. The van der Waals surface area contributed by atoms with Crippen LogP contribution in [0.2, 0.25) is 0 Å². The van der Waals surface area contributed by atoms with Gasteiger partial charge in [-0.05, 0) is 37.1 Å². The first-order chi connectivity index (χ1) is 12.6. The van der Waals surface area contributed by atoms with Crippen molar-refractivity contribution in [3.8, 4) is 5.69 Å². The highest BCUT2D eigenvalue weighted by Crippen LogP contribution is 2.16. The van der Waals surface area contributed by atoms with Crippen molar-refractivity contribution in [2.75, 3.05) is 32.8 Å². The molecule has 0 amide bonds. The fourth-order valence-corrected chi connectivity index (χ4v) is 3.11. The SMILES string of the molecule is Cc1ccc(-n2nnc3c(=O)n(CCN4CCOCC4)cnc32)cc1C. The Bertz CT molecular complexity index is 987. The van der Waals surface area contributed by atoms with Gasteiger partial charge in [-0.1, -0.05) is 11.3 Å². The summed E-state index contributed by atoms with van der Waals surface area (Å²) in [6, 6.07) is 6.01. The van der Waals surface area contributed by atoms with Gasteiger partial charge in [0.05, 0.1) is 18.9 Å². The van der Waals surface area contributed by atoms with E-state index in [4.69, 9.17) is 4.74 Å². The van der Waals surface area contributed by atoms with Crippen LogP contribution < -0.4 is 5.56 Å². The molecule has 0 radical (unpaired) electrons. The molecule has 1 saturated heterocycles.